The highest BCUT2D eigenvalue weighted by Gasteiger charge is 2.37. The molecule has 2 aliphatic rings. The molecular weight excluding hydrogens is 751 g/mol. The van der Waals surface area contributed by atoms with Crippen molar-refractivity contribution in [1.29, 1.82) is 0 Å². The molecule has 0 amide bonds. The Hall–Kier alpha value is -7.42. The molecule has 2 aliphatic carbocycles. The van der Waals surface area contributed by atoms with Gasteiger partial charge < -0.3 is 9.32 Å². The minimum absolute atomic E-state index is 0.0848. The number of rotatable bonds is 6. The number of nitrogens with zero attached hydrogens (tertiary/aromatic N) is 1. The summed E-state index contributed by atoms with van der Waals surface area (Å²) in [4.78, 5) is 2.41. The van der Waals surface area contributed by atoms with Gasteiger partial charge >= 0.3 is 0 Å². The van der Waals surface area contributed by atoms with Gasteiger partial charge in [0.2, 0.25) is 0 Å². The molecule has 1 aromatic heterocycles. The van der Waals surface area contributed by atoms with E-state index < -0.39 is 0 Å². The molecule has 0 radical (unpaired) electrons. The molecule has 0 bridgehead atoms. The van der Waals surface area contributed by atoms with Crippen molar-refractivity contribution >= 4 is 39.0 Å². The fourth-order valence-corrected chi connectivity index (χ4v) is 10.6. The van der Waals surface area contributed by atoms with Gasteiger partial charge in [0.05, 0.1) is 0 Å². The average molecular weight is 796 g/mol. The van der Waals surface area contributed by atoms with Crippen molar-refractivity contribution in [1.82, 2.24) is 0 Å². The van der Waals surface area contributed by atoms with E-state index in [0.29, 0.717) is 0 Å². The highest BCUT2D eigenvalue weighted by atomic mass is 16.3. The predicted molar refractivity (Wildman–Crippen MR) is 260 cm³/mol. The van der Waals surface area contributed by atoms with E-state index in [1.807, 2.05) is 12.1 Å². The molecule has 12 rings (SSSR count). The summed E-state index contributed by atoms with van der Waals surface area (Å²) in [6.45, 7) is 9.43. The summed E-state index contributed by atoms with van der Waals surface area (Å²) >= 11 is 0. The summed E-state index contributed by atoms with van der Waals surface area (Å²) in [6, 6.07) is 73.6. The lowest BCUT2D eigenvalue weighted by Gasteiger charge is -2.28. The van der Waals surface area contributed by atoms with Crippen LogP contribution in [0.2, 0.25) is 0 Å². The zero-order valence-corrected chi connectivity index (χ0v) is 35.4. The molecule has 0 unspecified atom stereocenters. The van der Waals surface area contributed by atoms with E-state index in [0.717, 1.165) is 44.6 Å². The topological polar surface area (TPSA) is 16.4 Å². The minimum Gasteiger partial charge on any atom is -0.456 e. The monoisotopic (exact) mass is 795 g/mol. The first kappa shape index (κ1) is 36.4. The third-order valence-corrected chi connectivity index (χ3v) is 13.9. The third kappa shape index (κ3) is 5.49. The van der Waals surface area contributed by atoms with Gasteiger partial charge in [-0.3, -0.25) is 0 Å². The lowest BCUT2D eigenvalue weighted by atomic mass is 9.81. The smallest absolute Gasteiger partial charge is 0.136 e. The van der Waals surface area contributed by atoms with Crippen molar-refractivity contribution in [3.63, 3.8) is 0 Å². The van der Waals surface area contributed by atoms with E-state index in [1.54, 1.807) is 0 Å². The normalized spacial score (nSPS) is 14.1. The van der Waals surface area contributed by atoms with E-state index in [1.165, 1.54) is 72.3 Å². The van der Waals surface area contributed by atoms with E-state index in [9.17, 15) is 0 Å². The summed E-state index contributed by atoms with van der Waals surface area (Å²) < 4.78 is 6.27. The molecule has 2 heteroatoms. The van der Waals surface area contributed by atoms with Crippen LogP contribution in [0.5, 0.6) is 0 Å². The van der Waals surface area contributed by atoms with Gasteiger partial charge in [-0.05, 0) is 139 Å². The molecule has 2 nitrogen and oxygen atoms in total. The fraction of sp³-hybridized carbons (Fsp3) is 0.100. The molecular formula is C60H45NO. The fourth-order valence-electron chi connectivity index (χ4n) is 10.6. The van der Waals surface area contributed by atoms with Crippen LogP contribution in [0.15, 0.2) is 205 Å². The quantitative estimate of drug-likeness (QED) is 0.167. The second kappa shape index (κ2) is 13.5. The summed E-state index contributed by atoms with van der Waals surface area (Å²) in [5.74, 6) is 0. The molecule has 0 N–H and O–H groups in total. The standard InChI is InChI=1S/C60H45NO/c1-59(2)52-18-10-8-15-47(52)48-33-31-45(37-55(48)59)61(44-29-23-40(24-30-44)46-17-12-20-57-58(46)50-16-9-11-19-56(50)62-57)43-27-21-39(22-28-43)41-26-34-53-51(35-41)49-32-25-42(36-54(49)60(53,3)4)38-13-6-5-7-14-38/h5-37H,1-4H3. The van der Waals surface area contributed by atoms with Crippen LogP contribution in [0, 0.1) is 0 Å². The van der Waals surface area contributed by atoms with E-state index in [4.69, 9.17) is 4.42 Å². The second-order valence-corrected chi connectivity index (χ2v) is 18.1. The molecule has 0 fully saturated rings. The predicted octanol–water partition coefficient (Wildman–Crippen LogP) is 16.7. The molecule has 0 aliphatic heterocycles. The Morgan fingerprint density at radius 1 is 0.323 bits per heavy atom. The Labute approximate surface area is 363 Å². The molecule has 296 valence electrons. The maximum Gasteiger partial charge on any atom is 0.136 e. The Balaban J connectivity index is 0.939. The number of hydrogen-bond acceptors (Lipinski definition) is 2. The summed E-state index contributed by atoms with van der Waals surface area (Å²) in [5, 5.41) is 2.29. The van der Waals surface area contributed by atoms with Crippen LogP contribution in [-0.2, 0) is 10.8 Å². The van der Waals surface area contributed by atoms with Crippen LogP contribution in [0.25, 0.3) is 77.6 Å². The van der Waals surface area contributed by atoms with Crippen molar-refractivity contribution < 1.29 is 4.42 Å². The SMILES string of the molecule is CC1(C)c2ccc(-c3ccc(N(c4ccc(-c5cccc6oc7ccccc7c56)cc4)c4ccc5c(c4)C(C)(C)c4ccccc4-5)cc3)cc2-c2ccc(-c3ccccc3)cc21. The first-order valence-corrected chi connectivity index (χ1v) is 21.7. The molecule has 0 spiro atoms. The Kier molecular flexibility index (Phi) is 7.96. The van der Waals surface area contributed by atoms with E-state index in [-0.39, 0.29) is 10.8 Å². The van der Waals surface area contributed by atoms with Crippen LogP contribution in [0.4, 0.5) is 17.1 Å². The van der Waals surface area contributed by atoms with Crippen molar-refractivity contribution in [2.45, 2.75) is 38.5 Å². The lowest BCUT2D eigenvalue weighted by Crippen LogP contribution is -2.16. The van der Waals surface area contributed by atoms with Crippen LogP contribution >= 0.6 is 0 Å². The van der Waals surface area contributed by atoms with Gasteiger partial charge in [0.25, 0.3) is 0 Å². The Morgan fingerprint density at radius 3 is 1.63 bits per heavy atom. The zero-order chi connectivity index (χ0) is 41.7. The van der Waals surface area contributed by atoms with Gasteiger partial charge in [-0.15, -0.1) is 0 Å². The van der Waals surface area contributed by atoms with Crippen molar-refractivity contribution in [2.24, 2.45) is 0 Å². The van der Waals surface area contributed by atoms with Crippen LogP contribution < -0.4 is 4.90 Å². The third-order valence-electron chi connectivity index (χ3n) is 13.9. The van der Waals surface area contributed by atoms with Gasteiger partial charge in [-0.25, -0.2) is 0 Å². The van der Waals surface area contributed by atoms with Gasteiger partial charge in [-0.2, -0.15) is 0 Å². The van der Waals surface area contributed by atoms with Crippen LogP contribution in [0.1, 0.15) is 49.9 Å². The average Bonchev–Trinajstić information content (AvgIpc) is 3.89. The van der Waals surface area contributed by atoms with Crippen molar-refractivity contribution in [3.8, 4) is 55.6 Å². The first-order chi connectivity index (χ1) is 30.2. The summed E-state index contributed by atoms with van der Waals surface area (Å²) in [5.41, 5.74) is 23.0. The minimum atomic E-state index is -0.114. The largest absolute Gasteiger partial charge is 0.456 e. The Morgan fingerprint density at radius 2 is 0.839 bits per heavy atom. The first-order valence-electron chi connectivity index (χ1n) is 21.7. The van der Waals surface area contributed by atoms with E-state index >= 15 is 0 Å². The molecule has 0 saturated carbocycles. The summed E-state index contributed by atoms with van der Waals surface area (Å²) in [7, 11) is 0. The molecule has 1 heterocycles. The summed E-state index contributed by atoms with van der Waals surface area (Å²) in [6.07, 6.45) is 0. The lowest BCUT2D eigenvalue weighted by molar-refractivity contribution is 0.660. The molecule has 0 atom stereocenters. The van der Waals surface area contributed by atoms with Crippen LogP contribution in [0.3, 0.4) is 0 Å². The number of hydrogen-bond donors (Lipinski definition) is 0. The van der Waals surface area contributed by atoms with Crippen molar-refractivity contribution in [2.75, 3.05) is 4.90 Å². The van der Waals surface area contributed by atoms with E-state index in [2.05, 4.69) is 221 Å². The number of anilines is 3. The highest BCUT2D eigenvalue weighted by molar-refractivity contribution is 6.12. The molecule has 9 aromatic carbocycles. The number of para-hydroxylation sites is 1. The van der Waals surface area contributed by atoms with Crippen molar-refractivity contribution in [3.05, 3.63) is 222 Å². The van der Waals surface area contributed by atoms with Gasteiger partial charge in [-0.1, -0.05) is 167 Å². The van der Waals surface area contributed by atoms with Crippen LogP contribution in [-0.4, -0.2) is 0 Å². The molecule has 62 heavy (non-hydrogen) atoms. The maximum atomic E-state index is 6.27. The number of benzene rings is 9. The molecule has 10 aromatic rings. The maximum absolute atomic E-state index is 6.27. The highest BCUT2D eigenvalue weighted by Crippen LogP contribution is 2.52. The molecule has 0 saturated heterocycles. The Bertz CT molecular complexity index is 3390. The number of fused-ring (bicyclic) bond motifs is 9. The van der Waals surface area contributed by atoms with Gasteiger partial charge in [0.15, 0.2) is 0 Å². The van der Waals surface area contributed by atoms with Gasteiger partial charge in [0.1, 0.15) is 11.2 Å². The number of furan rings is 1. The zero-order valence-electron chi connectivity index (χ0n) is 35.4. The second-order valence-electron chi connectivity index (χ2n) is 18.1. The van der Waals surface area contributed by atoms with Gasteiger partial charge in [0, 0.05) is 38.7 Å².